The van der Waals surface area contributed by atoms with Gasteiger partial charge >= 0.3 is 69.7 Å². The molecular weight excluding hydrogens is 189 g/mol. The van der Waals surface area contributed by atoms with Crippen LogP contribution in [0.5, 0.6) is 0 Å². The second kappa shape index (κ2) is 3.25. The Hall–Kier alpha value is 0.479. The van der Waals surface area contributed by atoms with E-state index in [4.69, 9.17) is 0 Å². The molecular formula is C8H17NSe. The summed E-state index contributed by atoms with van der Waals surface area (Å²) < 4.78 is 0. The standard InChI is InChI=1S/C8H17NSe/c1-5-7(3)10-8(4)6(2)9-5/h5-9H,1-4H3. The summed E-state index contributed by atoms with van der Waals surface area (Å²) in [5.41, 5.74) is 0. The van der Waals surface area contributed by atoms with E-state index in [2.05, 4.69) is 33.0 Å². The molecule has 1 rings (SSSR count). The zero-order valence-electron chi connectivity index (χ0n) is 7.22. The molecule has 10 heavy (non-hydrogen) atoms. The Morgan fingerprint density at radius 3 is 1.60 bits per heavy atom. The van der Waals surface area contributed by atoms with Crippen molar-refractivity contribution in [1.29, 1.82) is 0 Å². The van der Waals surface area contributed by atoms with Crippen LogP contribution in [0.25, 0.3) is 0 Å². The van der Waals surface area contributed by atoms with Crippen LogP contribution in [0.4, 0.5) is 0 Å². The summed E-state index contributed by atoms with van der Waals surface area (Å²) in [6.45, 7) is 9.32. The van der Waals surface area contributed by atoms with Gasteiger partial charge in [0.05, 0.1) is 0 Å². The van der Waals surface area contributed by atoms with E-state index in [1.165, 1.54) is 0 Å². The van der Waals surface area contributed by atoms with E-state index in [1.807, 2.05) is 0 Å². The predicted molar refractivity (Wildman–Crippen MR) is 46.7 cm³/mol. The predicted octanol–water partition coefficient (Wildman–Crippen LogP) is 1.69. The van der Waals surface area contributed by atoms with Crippen LogP contribution in [0.15, 0.2) is 0 Å². The molecule has 0 aromatic carbocycles. The van der Waals surface area contributed by atoms with E-state index in [9.17, 15) is 0 Å². The average molecular weight is 206 g/mol. The molecule has 2 heteroatoms. The van der Waals surface area contributed by atoms with E-state index < -0.39 is 0 Å². The molecule has 0 spiro atoms. The molecule has 1 saturated heterocycles. The topological polar surface area (TPSA) is 12.0 Å². The first-order valence-electron chi connectivity index (χ1n) is 4.02. The molecule has 1 fully saturated rings. The van der Waals surface area contributed by atoms with Crippen molar-refractivity contribution >= 4 is 15.0 Å². The molecule has 0 saturated carbocycles. The quantitative estimate of drug-likeness (QED) is 0.595. The van der Waals surface area contributed by atoms with Gasteiger partial charge < -0.3 is 0 Å². The summed E-state index contributed by atoms with van der Waals surface area (Å²) in [5, 5.41) is 3.59. The summed E-state index contributed by atoms with van der Waals surface area (Å²) in [6.07, 6.45) is 0. The van der Waals surface area contributed by atoms with Gasteiger partial charge in [-0.05, 0) is 0 Å². The molecule has 0 aromatic heterocycles. The van der Waals surface area contributed by atoms with E-state index >= 15 is 0 Å². The molecule has 0 radical (unpaired) electrons. The third kappa shape index (κ3) is 1.75. The molecule has 1 heterocycles. The molecule has 1 N–H and O–H groups in total. The van der Waals surface area contributed by atoms with Crippen molar-refractivity contribution in [2.75, 3.05) is 0 Å². The first-order valence-corrected chi connectivity index (χ1v) is 6.00. The zero-order valence-corrected chi connectivity index (χ0v) is 8.93. The molecule has 1 nitrogen and oxygen atoms in total. The van der Waals surface area contributed by atoms with E-state index in [-0.39, 0.29) is 0 Å². The Bertz CT molecular complexity index is 89.8. The minimum atomic E-state index is 0.742. The summed E-state index contributed by atoms with van der Waals surface area (Å²) in [6, 6.07) is 1.48. The Kier molecular flexibility index (Phi) is 2.79. The second-order valence-electron chi connectivity index (χ2n) is 3.29. The van der Waals surface area contributed by atoms with Gasteiger partial charge in [-0.25, -0.2) is 0 Å². The van der Waals surface area contributed by atoms with E-state index in [1.54, 1.807) is 0 Å². The molecule has 0 bridgehead atoms. The number of hydrogen-bond donors (Lipinski definition) is 1. The summed E-state index contributed by atoms with van der Waals surface area (Å²) in [4.78, 5) is 1.83. The van der Waals surface area contributed by atoms with Crippen LogP contribution in [0.3, 0.4) is 0 Å². The van der Waals surface area contributed by atoms with Crippen LogP contribution >= 0.6 is 0 Å². The number of hydrogen-bond acceptors (Lipinski definition) is 1. The molecule has 0 aromatic rings. The van der Waals surface area contributed by atoms with Crippen molar-refractivity contribution in [3.05, 3.63) is 0 Å². The fraction of sp³-hybridized carbons (Fsp3) is 1.00. The first kappa shape index (κ1) is 8.57. The molecule has 1 aliphatic rings. The zero-order chi connectivity index (χ0) is 7.72. The summed E-state index contributed by atoms with van der Waals surface area (Å²) in [5.74, 6) is 0. The van der Waals surface area contributed by atoms with Crippen molar-refractivity contribution < 1.29 is 0 Å². The van der Waals surface area contributed by atoms with E-state index in [0.29, 0.717) is 0 Å². The van der Waals surface area contributed by atoms with Crippen molar-refractivity contribution in [1.82, 2.24) is 5.32 Å². The van der Waals surface area contributed by atoms with E-state index in [0.717, 1.165) is 36.7 Å². The SMILES string of the molecule is CC1NC(C)C(C)[Se]C1C. The van der Waals surface area contributed by atoms with Crippen molar-refractivity contribution in [3.63, 3.8) is 0 Å². The fourth-order valence-corrected chi connectivity index (χ4v) is 4.00. The van der Waals surface area contributed by atoms with Crippen LogP contribution in [-0.2, 0) is 0 Å². The summed E-state index contributed by atoms with van der Waals surface area (Å²) >= 11 is 0.851. The van der Waals surface area contributed by atoms with Crippen molar-refractivity contribution in [2.24, 2.45) is 0 Å². The first-order chi connectivity index (χ1) is 4.61. The van der Waals surface area contributed by atoms with Crippen molar-refractivity contribution in [2.45, 2.75) is 49.4 Å². The van der Waals surface area contributed by atoms with Crippen molar-refractivity contribution in [3.8, 4) is 0 Å². The third-order valence-electron chi connectivity index (χ3n) is 2.36. The van der Waals surface area contributed by atoms with Crippen LogP contribution in [0.1, 0.15) is 27.7 Å². The summed E-state index contributed by atoms with van der Waals surface area (Å²) in [7, 11) is 0. The van der Waals surface area contributed by atoms with Gasteiger partial charge in [0.15, 0.2) is 0 Å². The Morgan fingerprint density at radius 2 is 1.30 bits per heavy atom. The molecule has 4 atom stereocenters. The van der Waals surface area contributed by atoms with Gasteiger partial charge in [0, 0.05) is 0 Å². The number of nitrogens with one attached hydrogen (secondary N) is 1. The van der Waals surface area contributed by atoms with Gasteiger partial charge in [-0.1, -0.05) is 0 Å². The molecule has 4 unspecified atom stereocenters. The molecule has 0 aliphatic carbocycles. The van der Waals surface area contributed by atoms with Crippen LogP contribution in [0.2, 0.25) is 9.63 Å². The number of rotatable bonds is 0. The van der Waals surface area contributed by atoms with Gasteiger partial charge in [-0.3, -0.25) is 0 Å². The normalized spacial score (nSPS) is 49.2. The van der Waals surface area contributed by atoms with Gasteiger partial charge in [-0.2, -0.15) is 0 Å². The van der Waals surface area contributed by atoms with Gasteiger partial charge in [0.2, 0.25) is 0 Å². The molecule has 60 valence electrons. The monoisotopic (exact) mass is 207 g/mol. The fourth-order valence-electron chi connectivity index (χ4n) is 1.26. The Balaban J connectivity index is 2.46. The van der Waals surface area contributed by atoms with Crippen LogP contribution in [0, 0.1) is 0 Å². The maximum atomic E-state index is 3.59. The van der Waals surface area contributed by atoms with Crippen LogP contribution < -0.4 is 5.32 Å². The van der Waals surface area contributed by atoms with Gasteiger partial charge in [0.1, 0.15) is 0 Å². The molecule has 1 aliphatic heterocycles. The van der Waals surface area contributed by atoms with Crippen LogP contribution in [-0.4, -0.2) is 27.0 Å². The van der Waals surface area contributed by atoms with Gasteiger partial charge in [0.25, 0.3) is 0 Å². The molecule has 0 amide bonds. The maximum absolute atomic E-state index is 3.59. The van der Waals surface area contributed by atoms with Gasteiger partial charge in [-0.15, -0.1) is 0 Å². The average Bonchev–Trinajstić information content (AvgIpc) is 1.84. The third-order valence-corrected chi connectivity index (χ3v) is 5.88. The minimum absolute atomic E-state index is 0.742. The Morgan fingerprint density at radius 1 is 0.900 bits per heavy atom. The Labute approximate surface area is 70.1 Å². The second-order valence-corrected chi connectivity index (χ2v) is 6.98.